The van der Waals surface area contributed by atoms with Crippen molar-refractivity contribution >= 4 is 12.0 Å². The number of nitrogens with one attached hydrogen (secondary N) is 1. The van der Waals surface area contributed by atoms with Gasteiger partial charge in [-0.1, -0.05) is 13.3 Å². The number of aliphatic hydroxyl groups excluding tert-OH is 1. The molecule has 0 saturated heterocycles. The smallest absolute Gasteiger partial charge is 0.357 e. The van der Waals surface area contributed by atoms with Gasteiger partial charge in [-0.05, 0) is 18.8 Å². The summed E-state index contributed by atoms with van der Waals surface area (Å²) in [6.45, 7) is 2.85. The third-order valence-corrected chi connectivity index (χ3v) is 2.50. The van der Waals surface area contributed by atoms with E-state index >= 15 is 0 Å². The number of aromatic carboxylic acids is 1. The maximum Gasteiger partial charge on any atom is 0.357 e. The van der Waals surface area contributed by atoms with Crippen molar-refractivity contribution in [3.05, 3.63) is 12.0 Å². The molecule has 1 atom stereocenters. The number of aromatic nitrogens is 1. The van der Waals surface area contributed by atoms with E-state index in [1.54, 1.807) is 0 Å². The van der Waals surface area contributed by atoms with Crippen molar-refractivity contribution in [2.75, 3.05) is 18.5 Å². The minimum atomic E-state index is -1.11. The molecular weight excluding hydrogens is 224 g/mol. The summed E-state index contributed by atoms with van der Waals surface area (Å²) in [4.78, 5) is 14.3. The summed E-state index contributed by atoms with van der Waals surface area (Å²) in [7, 11) is 0. The fourth-order valence-electron chi connectivity index (χ4n) is 1.62. The molecule has 0 aliphatic carbocycles. The number of aliphatic hydroxyl groups is 1. The van der Waals surface area contributed by atoms with E-state index in [2.05, 4.69) is 17.2 Å². The SMILES string of the molecule is CCCC(CCO)CNc1nc(C(=O)O)co1. The molecule has 0 radical (unpaired) electrons. The largest absolute Gasteiger partial charge is 0.476 e. The van der Waals surface area contributed by atoms with Gasteiger partial charge in [0.05, 0.1) is 0 Å². The van der Waals surface area contributed by atoms with Crippen LogP contribution in [0.15, 0.2) is 10.7 Å². The molecule has 1 heterocycles. The summed E-state index contributed by atoms with van der Waals surface area (Å²) in [5, 5.41) is 20.5. The lowest BCUT2D eigenvalue weighted by Crippen LogP contribution is -2.16. The number of carboxylic acid groups (broad SMARTS) is 1. The third-order valence-electron chi connectivity index (χ3n) is 2.50. The standard InChI is InChI=1S/C11H18N2O4/c1-2-3-8(4-5-14)6-12-11-13-9(7-17-11)10(15)16/h7-8,14H,2-6H2,1H3,(H,12,13)(H,15,16). The van der Waals surface area contributed by atoms with E-state index in [4.69, 9.17) is 14.6 Å². The Morgan fingerprint density at radius 1 is 1.59 bits per heavy atom. The average Bonchev–Trinajstić information content (AvgIpc) is 2.75. The van der Waals surface area contributed by atoms with Gasteiger partial charge in [0.25, 0.3) is 6.01 Å². The molecule has 0 amide bonds. The third kappa shape index (κ3) is 4.44. The second-order valence-corrected chi connectivity index (χ2v) is 3.89. The molecule has 1 aromatic heterocycles. The van der Waals surface area contributed by atoms with Gasteiger partial charge >= 0.3 is 5.97 Å². The minimum Gasteiger partial charge on any atom is -0.476 e. The Morgan fingerprint density at radius 2 is 2.35 bits per heavy atom. The van der Waals surface area contributed by atoms with Crippen LogP contribution in [0.25, 0.3) is 0 Å². The lowest BCUT2D eigenvalue weighted by molar-refractivity contribution is 0.0690. The number of anilines is 1. The number of oxazole rings is 1. The fraction of sp³-hybridized carbons (Fsp3) is 0.636. The van der Waals surface area contributed by atoms with E-state index in [1.165, 1.54) is 0 Å². The molecular formula is C11H18N2O4. The van der Waals surface area contributed by atoms with Crippen LogP contribution in [0.2, 0.25) is 0 Å². The molecule has 3 N–H and O–H groups in total. The first-order valence-corrected chi connectivity index (χ1v) is 5.71. The number of nitrogens with zero attached hydrogens (tertiary/aromatic N) is 1. The molecule has 0 bridgehead atoms. The first-order valence-electron chi connectivity index (χ1n) is 5.71. The zero-order chi connectivity index (χ0) is 12.7. The highest BCUT2D eigenvalue weighted by molar-refractivity contribution is 5.85. The van der Waals surface area contributed by atoms with Crippen LogP contribution in [-0.2, 0) is 0 Å². The Labute approximate surface area is 99.7 Å². The van der Waals surface area contributed by atoms with E-state index in [0.29, 0.717) is 18.9 Å². The monoisotopic (exact) mass is 242 g/mol. The van der Waals surface area contributed by atoms with Crippen molar-refractivity contribution in [2.45, 2.75) is 26.2 Å². The summed E-state index contributed by atoms with van der Waals surface area (Å²) in [5.74, 6) is -0.771. The van der Waals surface area contributed by atoms with Crippen LogP contribution in [0.3, 0.4) is 0 Å². The molecule has 0 spiro atoms. The molecule has 0 saturated carbocycles. The van der Waals surface area contributed by atoms with Gasteiger partial charge in [0.2, 0.25) is 0 Å². The van der Waals surface area contributed by atoms with Crippen molar-refractivity contribution < 1.29 is 19.4 Å². The van der Waals surface area contributed by atoms with Crippen LogP contribution in [-0.4, -0.2) is 34.3 Å². The van der Waals surface area contributed by atoms with Gasteiger partial charge in [-0.15, -0.1) is 0 Å². The van der Waals surface area contributed by atoms with Gasteiger partial charge in [-0.3, -0.25) is 0 Å². The van der Waals surface area contributed by atoms with Crippen LogP contribution in [0, 0.1) is 5.92 Å². The average molecular weight is 242 g/mol. The predicted octanol–water partition coefficient (Wildman–Crippen LogP) is 1.58. The van der Waals surface area contributed by atoms with Gasteiger partial charge < -0.3 is 19.9 Å². The Morgan fingerprint density at radius 3 is 2.88 bits per heavy atom. The van der Waals surface area contributed by atoms with E-state index in [0.717, 1.165) is 19.1 Å². The Hall–Kier alpha value is -1.56. The van der Waals surface area contributed by atoms with E-state index in [1.807, 2.05) is 0 Å². The van der Waals surface area contributed by atoms with Crippen molar-refractivity contribution in [2.24, 2.45) is 5.92 Å². The lowest BCUT2D eigenvalue weighted by Gasteiger charge is -2.14. The van der Waals surface area contributed by atoms with Gasteiger partial charge in [0.15, 0.2) is 5.69 Å². The Kier molecular flexibility index (Phi) is 5.48. The molecule has 1 unspecified atom stereocenters. The lowest BCUT2D eigenvalue weighted by atomic mass is 10.0. The highest BCUT2D eigenvalue weighted by Crippen LogP contribution is 2.13. The van der Waals surface area contributed by atoms with Crippen molar-refractivity contribution in [3.63, 3.8) is 0 Å². The quantitative estimate of drug-likeness (QED) is 0.640. The summed E-state index contributed by atoms with van der Waals surface area (Å²) in [6, 6.07) is 0.210. The molecule has 6 nitrogen and oxygen atoms in total. The Bertz CT molecular complexity index is 345. The van der Waals surface area contributed by atoms with Crippen LogP contribution in [0.1, 0.15) is 36.7 Å². The van der Waals surface area contributed by atoms with Gasteiger partial charge in [-0.25, -0.2) is 4.79 Å². The molecule has 17 heavy (non-hydrogen) atoms. The minimum absolute atomic E-state index is 0.110. The maximum absolute atomic E-state index is 10.6. The normalized spacial score (nSPS) is 12.4. The molecule has 0 aliphatic heterocycles. The molecule has 1 rings (SSSR count). The van der Waals surface area contributed by atoms with Crippen LogP contribution in [0.5, 0.6) is 0 Å². The van der Waals surface area contributed by atoms with Gasteiger partial charge in [0.1, 0.15) is 6.26 Å². The van der Waals surface area contributed by atoms with Crippen molar-refractivity contribution in [3.8, 4) is 0 Å². The second kappa shape index (κ2) is 6.90. The first-order chi connectivity index (χ1) is 8.17. The summed E-state index contributed by atoms with van der Waals surface area (Å²) < 4.78 is 4.97. The number of carbonyl (C=O) groups is 1. The molecule has 0 fully saturated rings. The summed E-state index contributed by atoms with van der Waals surface area (Å²) in [6.07, 6.45) is 3.86. The predicted molar refractivity (Wildman–Crippen MR) is 62.1 cm³/mol. The highest BCUT2D eigenvalue weighted by Gasteiger charge is 2.12. The highest BCUT2D eigenvalue weighted by atomic mass is 16.4. The van der Waals surface area contributed by atoms with E-state index < -0.39 is 5.97 Å². The zero-order valence-corrected chi connectivity index (χ0v) is 9.85. The van der Waals surface area contributed by atoms with Crippen molar-refractivity contribution in [1.29, 1.82) is 0 Å². The number of carboxylic acids is 1. The number of hydrogen-bond donors (Lipinski definition) is 3. The maximum atomic E-state index is 10.6. The molecule has 0 aromatic carbocycles. The number of rotatable bonds is 8. The van der Waals surface area contributed by atoms with Gasteiger partial charge in [-0.2, -0.15) is 4.98 Å². The van der Waals surface area contributed by atoms with Crippen molar-refractivity contribution in [1.82, 2.24) is 4.98 Å². The molecule has 0 aliphatic rings. The molecule has 1 aromatic rings. The molecule has 6 heteroatoms. The second-order valence-electron chi connectivity index (χ2n) is 3.89. The molecule has 96 valence electrons. The first kappa shape index (κ1) is 13.5. The van der Waals surface area contributed by atoms with E-state index in [9.17, 15) is 4.79 Å². The fourth-order valence-corrected chi connectivity index (χ4v) is 1.62. The summed E-state index contributed by atoms with van der Waals surface area (Å²) >= 11 is 0. The zero-order valence-electron chi connectivity index (χ0n) is 9.85. The van der Waals surface area contributed by atoms with Crippen LogP contribution < -0.4 is 5.32 Å². The Balaban J connectivity index is 2.44. The van der Waals surface area contributed by atoms with Gasteiger partial charge in [0, 0.05) is 13.2 Å². The van der Waals surface area contributed by atoms with E-state index in [-0.39, 0.29) is 18.3 Å². The topological polar surface area (TPSA) is 95.6 Å². The van der Waals surface area contributed by atoms with Crippen LogP contribution in [0.4, 0.5) is 6.01 Å². The van der Waals surface area contributed by atoms with Crippen LogP contribution >= 0.6 is 0 Å². The summed E-state index contributed by atoms with van der Waals surface area (Å²) in [5.41, 5.74) is -0.110. The number of hydrogen-bond acceptors (Lipinski definition) is 5.